The van der Waals surface area contributed by atoms with E-state index in [1.165, 1.54) is 12.1 Å². The fourth-order valence-corrected chi connectivity index (χ4v) is 3.76. The minimum atomic E-state index is -3.81. The van der Waals surface area contributed by atoms with Crippen molar-refractivity contribution in [3.63, 3.8) is 0 Å². The number of benzene rings is 2. The Morgan fingerprint density at radius 1 is 0.926 bits per heavy atom. The zero-order chi connectivity index (χ0) is 19.7. The molecule has 2 aromatic carbocycles. The molecule has 0 spiro atoms. The lowest BCUT2D eigenvalue weighted by molar-refractivity contribution is -0.0431. The minimum Gasteiger partial charge on any atom is -0.490 e. The Labute approximate surface area is 159 Å². The summed E-state index contributed by atoms with van der Waals surface area (Å²) in [5, 5.41) is 0. The van der Waals surface area contributed by atoms with Crippen LogP contribution in [0.15, 0.2) is 41.3 Å². The molecule has 1 aliphatic rings. The number of ether oxygens (including phenoxy) is 4. The van der Waals surface area contributed by atoms with Crippen molar-refractivity contribution in [2.45, 2.75) is 38.4 Å². The maximum absolute atomic E-state index is 12.8. The Morgan fingerprint density at radius 3 is 2.30 bits per heavy atom. The molecule has 0 atom stereocenters. The summed E-state index contributed by atoms with van der Waals surface area (Å²) in [5.74, 6) is 1.17. The number of hydrogen-bond donors (Lipinski definition) is 1. The van der Waals surface area contributed by atoms with Crippen LogP contribution in [0.1, 0.15) is 27.7 Å². The summed E-state index contributed by atoms with van der Waals surface area (Å²) >= 11 is 0. The quantitative estimate of drug-likeness (QED) is 0.771. The van der Waals surface area contributed by atoms with Crippen LogP contribution < -0.4 is 23.7 Å². The predicted octanol–water partition coefficient (Wildman–Crippen LogP) is 3.79. The molecule has 0 fully saturated rings. The highest BCUT2D eigenvalue weighted by atomic mass is 32.2. The second kappa shape index (κ2) is 7.19. The molecule has 0 saturated carbocycles. The maximum atomic E-state index is 12.8. The second-order valence-electron chi connectivity index (χ2n) is 6.35. The van der Waals surface area contributed by atoms with E-state index in [0.717, 1.165) is 0 Å². The molecular weight excluding hydrogens is 370 g/mol. The lowest BCUT2D eigenvalue weighted by atomic mass is 10.3. The summed E-state index contributed by atoms with van der Waals surface area (Å²) < 4.78 is 50.4. The third kappa shape index (κ3) is 4.21. The molecule has 0 aromatic heterocycles. The standard InChI is InChI=1S/C19H23NO6S/c1-5-23-15-10-8-14(12-17(15)24-6-2)27(21,22)20-13-7-9-16-18(11-13)26-19(3,4)25-16/h7-12,20H,5-6H2,1-4H3. The molecular formula is C19H23NO6S. The third-order valence-corrected chi connectivity index (χ3v) is 5.11. The molecule has 146 valence electrons. The van der Waals surface area contributed by atoms with Crippen LogP contribution in [-0.4, -0.2) is 27.4 Å². The van der Waals surface area contributed by atoms with E-state index in [-0.39, 0.29) is 4.90 Å². The van der Waals surface area contributed by atoms with Crippen molar-refractivity contribution in [3.05, 3.63) is 36.4 Å². The molecule has 27 heavy (non-hydrogen) atoms. The predicted molar refractivity (Wildman–Crippen MR) is 101 cm³/mol. The third-order valence-electron chi connectivity index (χ3n) is 3.73. The Balaban J connectivity index is 1.86. The van der Waals surface area contributed by atoms with E-state index in [1.807, 2.05) is 13.8 Å². The molecule has 1 heterocycles. The van der Waals surface area contributed by atoms with E-state index >= 15 is 0 Å². The first-order valence-corrected chi connectivity index (χ1v) is 10.2. The van der Waals surface area contributed by atoms with Gasteiger partial charge >= 0.3 is 0 Å². The van der Waals surface area contributed by atoms with Crippen LogP contribution in [0.5, 0.6) is 23.0 Å². The van der Waals surface area contributed by atoms with E-state index in [2.05, 4.69) is 4.72 Å². The van der Waals surface area contributed by atoms with Crippen LogP contribution in [0.2, 0.25) is 0 Å². The summed E-state index contributed by atoms with van der Waals surface area (Å²) in [7, 11) is -3.81. The van der Waals surface area contributed by atoms with E-state index < -0.39 is 15.8 Å². The monoisotopic (exact) mass is 393 g/mol. The van der Waals surface area contributed by atoms with Crippen LogP contribution in [0, 0.1) is 0 Å². The first-order valence-electron chi connectivity index (χ1n) is 8.68. The summed E-state index contributed by atoms with van der Waals surface area (Å²) in [6.07, 6.45) is 0. The van der Waals surface area contributed by atoms with Gasteiger partial charge in [0.2, 0.25) is 5.79 Å². The number of sulfonamides is 1. The molecule has 1 aliphatic heterocycles. The molecule has 0 radical (unpaired) electrons. The van der Waals surface area contributed by atoms with Gasteiger partial charge in [0.15, 0.2) is 23.0 Å². The van der Waals surface area contributed by atoms with Gasteiger partial charge in [-0.1, -0.05) is 0 Å². The zero-order valence-electron chi connectivity index (χ0n) is 15.7. The van der Waals surface area contributed by atoms with Crippen LogP contribution in [-0.2, 0) is 10.0 Å². The first kappa shape index (κ1) is 19.2. The summed E-state index contributed by atoms with van der Waals surface area (Å²) in [6.45, 7) is 8.09. The number of rotatable bonds is 7. The number of anilines is 1. The molecule has 0 bridgehead atoms. The highest BCUT2D eigenvalue weighted by Crippen LogP contribution is 2.41. The van der Waals surface area contributed by atoms with Gasteiger partial charge in [-0.15, -0.1) is 0 Å². The molecule has 2 aromatic rings. The Kier molecular flexibility index (Phi) is 5.10. The van der Waals surface area contributed by atoms with Gasteiger partial charge in [0.05, 0.1) is 23.8 Å². The molecule has 0 aliphatic carbocycles. The zero-order valence-corrected chi connectivity index (χ0v) is 16.6. The number of hydrogen-bond acceptors (Lipinski definition) is 6. The Morgan fingerprint density at radius 2 is 1.59 bits per heavy atom. The van der Waals surface area contributed by atoms with Crippen LogP contribution in [0.4, 0.5) is 5.69 Å². The van der Waals surface area contributed by atoms with Gasteiger partial charge in [-0.3, -0.25) is 4.72 Å². The summed E-state index contributed by atoms with van der Waals surface area (Å²) in [4.78, 5) is 0.0763. The fourth-order valence-electron chi connectivity index (χ4n) is 2.70. The maximum Gasteiger partial charge on any atom is 0.262 e. The minimum absolute atomic E-state index is 0.0763. The SMILES string of the molecule is CCOc1ccc(S(=O)(=O)Nc2ccc3c(c2)OC(C)(C)O3)cc1OCC. The van der Waals surface area contributed by atoms with Crippen molar-refractivity contribution in [1.29, 1.82) is 0 Å². The van der Waals surface area contributed by atoms with Crippen molar-refractivity contribution in [1.82, 2.24) is 0 Å². The molecule has 8 heteroatoms. The average molecular weight is 393 g/mol. The lowest BCUT2D eigenvalue weighted by Crippen LogP contribution is -2.29. The van der Waals surface area contributed by atoms with Gasteiger partial charge in [-0.05, 0) is 38.1 Å². The summed E-state index contributed by atoms with van der Waals surface area (Å²) in [6, 6.07) is 9.41. The van der Waals surface area contributed by atoms with Crippen molar-refractivity contribution in [2.24, 2.45) is 0 Å². The van der Waals surface area contributed by atoms with E-state index in [1.54, 1.807) is 38.1 Å². The van der Waals surface area contributed by atoms with E-state index in [0.29, 0.717) is 41.9 Å². The van der Waals surface area contributed by atoms with Crippen LogP contribution in [0.3, 0.4) is 0 Å². The Bertz CT molecular complexity index is 939. The van der Waals surface area contributed by atoms with Gasteiger partial charge < -0.3 is 18.9 Å². The molecule has 7 nitrogen and oxygen atoms in total. The molecule has 0 saturated heterocycles. The van der Waals surface area contributed by atoms with E-state index in [4.69, 9.17) is 18.9 Å². The number of nitrogens with one attached hydrogen (secondary N) is 1. The Hall–Kier alpha value is -2.61. The van der Waals surface area contributed by atoms with Crippen molar-refractivity contribution in [2.75, 3.05) is 17.9 Å². The largest absolute Gasteiger partial charge is 0.490 e. The van der Waals surface area contributed by atoms with Crippen molar-refractivity contribution < 1.29 is 27.4 Å². The molecule has 0 unspecified atom stereocenters. The second-order valence-corrected chi connectivity index (χ2v) is 8.03. The van der Waals surface area contributed by atoms with Crippen LogP contribution in [0.25, 0.3) is 0 Å². The highest BCUT2D eigenvalue weighted by Gasteiger charge is 2.32. The van der Waals surface area contributed by atoms with Crippen LogP contribution >= 0.6 is 0 Å². The highest BCUT2D eigenvalue weighted by molar-refractivity contribution is 7.92. The lowest BCUT2D eigenvalue weighted by Gasteiger charge is -2.16. The summed E-state index contributed by atoms with van der Waals surface area (Å²) in [5.41, 5.74) is 0.377. The van der Waals surface area contributed by atoms with Crippen molar-refractivity contribution in [3.8, 4) is 23.0 Å². The van der Waals surface area contributed by atoms with Gasteiger partial charge in [-0.2, -0.15) is 0 Å². The molecule has 3 rings (SSSR count). The topological polar surface area (TPSA) is 83.1 Å². The average Bonchev–Trinajstić information content (AvgIpc) is 2.89. The smallest absolute Gasteiger partial charge is 0.262 e. The van der Waals surface area contributed by atoms with Gasteiger partial charge in [0.25, 0.3) is 10.0 Å². The fraction of sp³-hybridized carbons (Fsp3) is 0.368. The first-order chi connectivity index (χ1) is 12.7. The van der Waals surface area contributed by atoms with Gasteiger partial charge in [0, 0.05) is 26.0 Å². The van der Waals surface area contributed by atoms with Crippen molar-refractivity contribution >= 4 is 15.7 Å². The normalized spacial score (nSPS) is 14.7. The molecule has 0 amide bonds. The van der Waals surface area contributed by atoms with Gasteiger partial charge in [0.1, 0.15) is 0 Å². The number of fused-ring (bicyclic) bond motifs is 1. The van der Waals surface area contributed by atoms with E-state index in [9.17, 15) is 8.42 Å². The molecule has 1 N–H and O–H groups in total. The van der Waals surface area contributed by atoms with Gasteiger partial charge in [-0.25, -0.2) is 8.42 Å².